The van der Waals surface area contributed by atoms with Crippen molar-refractivity contribution >= 4 is 33.5 Å². The third-order valence-corrected chi connectivity index (χ3v) is 8.45. The smallest absolute Gasteiger partial charge is 0.308 e. The van der Waals surface area contributed by atoms with E-state index in [9.17, 15) is 22.8 Å². The lowest BCUT2D eigenvalue weighted by molar-refractivity contribution is -0.132. The Morgan fingerprint density at radius 1 is 0.950 bits per heavy atom. The average molecular weight is 567 g/mol. The normalized spacial score (nSPS) is 15.4. The summed E-state index contributed by atoms with van der Waals surface area (Å²) in [7, 11) is -1.14. The number of anilines is 1. The molecule has 0 N–H and O–H groups in total. The predicted octanol–water partition coefficient (Wildman–Crippen LogP) is 3.50. The molecule has 210 valence electrons. The number of benzene rings is 3. The molecule has 0 aliphatic carbocycles. The van der Waals surface area contributed by atoms with Crippen molar-refractivity contribution < 1.29 is 37.0 Å². The number of amides is 2. The Labute approximate surface area is 233 Å². The van der Waals surface area contributed by atoms with E-state index in [0.29, 0.717) is 11.5 Å². The topological polar surface area (TPSA) is 120 Å². The summed E-state index contributed by atoms with van der Waals surface area (Å²) in [6.45, 7) is 3.04. The second-order valence-electron chi connectivity index (χ2n) is 9.24. The summed E-state index contributed by atoms with van der Waals surface area (Å²) >= 11 is 0. The minimum atomic E-state index is -4.16. The van der Waals surface area contributed by atoms with Crippen molar-refractivity contribution in [2.75, 3.05) is 25.7 Å². The highest BCUT2D eigenvalue weighted by Gasteiger charge is 2.46. The van der Waals surface area contributed by atoms with Crippen molar-refractivity contribution in [3.63, 3.8) is 0 Å². The molecule has 2 amide bonds. The van der Waals surface area contributed by atoms with E-state index in [2.05, 4.69) is 0 Å². The van der Waals surface area contributed by atoms with Crippen molar-refractivity contribution in [1.29, 1.82) is 0 Å². The standard InChI is InChI=1S/C29H30N2O8S/c1-19-5-12-24(13-6-19)40(35,36)30(16-15-21-7-14-26(37-3)27(17-21)38-4)25-18-28(33)31(29(25)34)22-8-10-23(11-9-22)39-20(2)32/h5-14,17,25H,15-16,18H2,1-4H3. The van der Waals surface area contributed by atoms with Gasteiger partial charge in [0.25, 0.3) is 5.91 Å². The van der Waals surface area contributed by atoms with E-state index in [4.69, 9.17) is 14.2 Å². The monoisotopic (exact) mass is 566 g/mol. The largest absolute Gasteiger partial charge is 0.493 e. The third-order valence-electron chi connectivity index (χ3n) is 6.52. The molecule has 10 nitrogen and oxygen atoms in total. The molecular weight excluding hydrogens is 536 g/mol. The van der Waals surface area contributed by atoms with Crippen LogP contribution < -0.4 is 19.1 Å². The van der Waals surface area contributed by atoms with Gasteiger partial charge in [-0.15, -0.1) is 0 Å². The molecule has 1 aliphatic rings. The molecule has 0 radical (unpaired) electrons. The first-order chi connectivity index (χ1) is 19.0. The summed E-state index contributed by atoms with van der Waals surface area (Å²) in [4.78, 5) is 38.9. The fraction of sp³-hybridized carbons (Fsp3) is 0.276. The molecule has 1 fully saturated rings. The number of methoxy groups -OCH3 is 2. The molecule has 1 saturated heterocycles. The molecule has 4 rings (SSSR count). The van der Waals surface area contributed by atoms with Crippen LogP contribution in [0.1, 0.15) is 24.5 Å². The lowest BCUT2D eigenvalue weighted by Crippen LogP contribution is -2.46. The zero-order valence-corrected chi connectivity index (χ0v) is 23.4. The van der Waals surface area contributed by atoms with Gasteiger partial charge >= 0.3 is 5.97 Å². The van der Waals surface area contributed by atoms with Crippen LogP contribution in [-0.4, -0.2) is 57.3 Å². The summed E-state index contributed by atoms with van der Waals surface area (Å²) in [5, 5.41) is 0. The molecule has 0 spiro atoms. The number of aryl methyl sites for hydroxylation is 1. The lowest BCUT2D eigenvalue weighted by Gasteiger charge is -2.27. The Balaban J connectivity index is 1.66. The fourth-order valence-electron chi connectivity index (χ4n) is 4.51. The van der Waals surface area contributed by atoms with E-state index in [-0.39, 0.29) is 35.7 Å². The highest BCUT2D eigenvalue weighted by molar-refractivity contribution is 7.89. The minimum absolute atomic E-state index is 0.0230. The number of sulfonamides is 1. The number of nitrogens with zero attached hydrogens (tertiary/aromatic N) is 2. The molecule has 40 heavy (non-hydrogen) atoms. The van der Waals surface area contributed by atoms with E-state index >= 15 is 0 Å². The van der Waals surface area contributed by atoms with Crippen LogP contribution in [0.25, 0.3) is 0 Å². The predicted molar refractivity (Wildman–Crippen MR) is 147 cm³/mol. The van der Waals surface area contributed by atoms with Crippen molar-refractivity contribution in [2.24, 2.45) is 0 Å². The van der Waals surface area contributed by atoms with Crippen molar-refractivity contribution in [1.82, 2.24) is 4.31 Å². The summed E-state index contributed by atoms with van der Waals surface area (Å²) in [5.41, 5.74) is 1.89. The number of esters is 1. The second kappa shape index (κ2) is 11.9. The van der Waals surface area contributed by atoms with Gasteiger partial charge in [0, 0.05) is 13.5 Å². The van der Waals surface area contributed by atoms with E-state index < -0.39 is 33.8 Å². The number of carbonyl (C=O) groups excluding carboxylic acids is 3. The Hall–Kier alpha value is -4.22. The molecular formula is C29H30N2O8S. The molecule has 3 aromatic rings. The highest BCUT2D eigenvalue weighted by Crippen LogP contribution is 2.32. The van der Waals surface area contributed by atoms with Gasteiger partial charge in [0.15, 0.2) is 11.5 Å². The molecule has 0 bridgehead atoms. The first-order valence-electron chi connectivity index (χ1n) is 12.5. The molecule has 3 aromatic carbocycles. The third kappa shape index (κ3) is 6.00. The van der Waals surface area contributed by atoms with E-state index in [1.165, 1.54) is 57.5 Å². The number of ether oxygens (including phenoxy) is 3. The quantitative estimate of drug-likeness (QED) is 0.208. The van der Waals surface area contributed by atoms with Crippen LogP contribution >= 0.6 is 0 Å². The molecule has 0 aromatic heterocycles. The van der Waals surface area contributed by atoms with E-state index in [1.807, 2.05) is 6.92 Å². The zero-order valence-electron chi connectivity index (χ0n) is 22.6. The Kier molecular flexibility index (Phi) is 8.55. The van der Waals surface area contributed by atoms with Gasteiger partial charge in [-0.05, 0) is 67.4 Å². The maximum atomic E-state index is 13.9. The van der Waals surface area contributed by atoms with Crippen molar-refractivity contribution in [3.8, 4) is 17.2 Å². The molecule has 11 heteroatoms. The lowest BCUT2D eigenvalue weighted by atomic mass is 10.1. The van der Waals surface area contributed by atoms with Crippen LogP contribution in [0.15, 0.2) is 71.6 Å². The number of rotatable bonds is 10. The molecule has 0 saturated carbocycles. The Morgan fingerprint density at radius 3 is 2.20 bits per heavy atom. The first-order valence-corrected chi connectivity index (χ1v) is 13.9. The fourth-order valence-corrected chi connectivity index (χ4v) is 6.09. The minimum Gasteiger partial charge on any atom is -0.493 e. The Bertz CT molecular complexity index is 1520. The van der Waals surface area contributed by atoms with Gasteiger partial charge in [-0.25, -0.2) is 13.3 Å². The Morgan fingerprint density at radius 2 is 1.60 bits per heavy atom. The SMILES string of the molecule is COc1ccc(CCN(C2CC(=O)N(c3ccc(OC(C)=O)cc3)C2=O)S(=O)(=O)c2ccc(C)cc2)cc1OC. The molecule has 1 heterocycles. The zero-order chi connectivity index (χ0) is 29.0. The van der Waals surface area contributed by atoms with E-state index in [1.54, 1.807) is 30.3 Å². The van der Waals surface area contributed by atoms with Crippen LogP contribution in [0.4, 0.5) is 5.69 Å². The van der Waals surface area contributed by atoms with Crippen LogP contribution in [0, 0.1) is 6.92 Å². The first kappa shape index (κ1) is 28.8. The summed E-state index contributed by atoms with van der Waals surface area (Å²) < 4.78 is 44.5. The van der Waals surface area contributed by atoms with Gasteiger partial charge in [-0.3, -0.25) is 14.4 Å². The molecule has 1 atom stereocenters. The highest BCUT2D eigenvalue weighted by atomic mass is 32.2. The van der Waals surface area contributed by atoms with Gasteiger partial charge in [0.1, 0.15) is 11.8 Å². The van der Waals surface area contributed by atoms with Crippen LogP contribution in [0.5, 0.6) is 17.2 Å². The second-order valence-corrected chi connectivity index (χ2v) is 11.1. The van der Waals surface area contributed by atoms with Gasteiger partial charge < -0.3 is 14.2 Å². The number of carbonyl (C=O) groups is 3. The van der Waals surface area contributed by atoms with Crippen molar-refractivity contribution in [2.45, 2.75) is 37.6 Å². The van der Waals surface area contributed by atoms with Gasteiger partial charge in [-0.2, -0.15) is 4.31 Å². The van der Waals surface area contributed by atoms with Crippen LogP contribution in [0.2, 0.25) is 0 Å². The summed E-state index contributed by atoms with van der Waals surface area (Å²) in [6.07, 6.45) is -0.0674. The van der Waals surface area contributed by atoms with Gasteiger partial charge in [0.2, 0.25) is 15.9 Å². The van der Waals surface area contributed by atoms with Crippen LogP contribution in [-0.2, 0) is 30.8 Å². The van der Waals surface area contributed by atoms with E-state index in [0.717, 1.165) is 20.3 Å². The number of hydrogen-bond donors (Lipinski definition) is 0. The number of hydrogen-bond acceptors (Lipinski definition) is 8. The maximum absolute atomic E-state index is 13.9. The van der Waals surface area contributed by atoms with Crippen LogP contribution in [0.3, 0.4) is 0 Å². The summed E-state index contributed by atoms with van der Waals surface area (Å²) in [5.74, 6) is -0.428. The van der Waals surface area contributed by atoms with Crippen molar-refractivity contribution in [3.05, 3.63) is 77.9 Å². The maximum Gasteiger partial charge on any atom is 0.308 e. The average Bonchev–Trinajstić information content (AvgIpc) is 3.22. The number of imide groups is 1. The summed E-state index contributed by atoms with van der Waals surface area (Å²) in [6, 6.07) is 16.2. The molecule has 1 unspecified atom stereocenters. The van der Waals surface area contributed by atoms with Gasteiger partial charge in [-0.1, -0.05) is 23.8 Å². The molecule has 1 aliphatic heterocycles. The van der Waals surface area contributed by atoms with Gasteiger partial charge in [0.05, 0.1) is 31.2 Å².